The number of benzene rings is 2. The number of alkyl halides is 1. The summed E-state index contributed by atoms with van der Waals surface area (Å²) in [5.74, 6) is -0.220. The molecule has 0 fully saturated rings. The number of amides is 1. The summed E-state index contributed by atoms with van der Waals surface area (Å²) < 4.78 is 13.1. The van der Waals surface area contributed by atoms with Crippen molar-refractivity contribution in [3.8, 4) is 0 Å². The molecule has 0 unspecified atom stereocenters. The Morgan fingerprint density at radius 2 is 1.69 bits per heavy atom. The first-order valence-corrected chi connectivity index (χ1v) is 10.6. The van der Waals surface area contributed by atoms with Crippen LogP contribution in [0.15, 0.2) is 79.1 Å². The molecule has 1 N–H and O–H groups in total. The van der Waals surface area contributed by atoms with Crippen LogP contribution in [-0.2, 0) is 12.1 Å². The number of halogens is 1. The molecule has 5 heteroatoms. The average molecular weight is 428 g/mol. The van der Waals surface area contributed by atoms with E-state index in [0.717, 1.165) is 27.7 Å². The molecule has 2 heterocycles. The van der Waals surface area contributed by atoms with Gasteiger partial charge in [0.1, 0.15) is 6.67 Å². The van der Waals surface area contributed by atoms with E-state index in [4.69, 9.17) is 0 Å². The molecule has 0 aliphatic heterocycles. The van der Waals surface area contributed by atoms with Gasteiger partial charge in [-0.05, 0) is 46.4 Å². The van der Waals surface area contributed by atoms with Gasteiger partial charge in [0, 0.05) is 23.3 Å². The average Bonchev–Trinajstić information content (AvgIpc) is 2.81. The van der Waals surface area contributed by atoms with Crippen LogP contribution in [0.4, 0.5) is 4.39 Å². The van der Waals surface area contributed by atoms with E-state index in [0.29, 0.717) is 11.1 Å². The maximum atomic E-state index is 13.3. The quantitative estimate of drug-likeness (QED) is 0.430. The first kappa shape index (κ1) is 21.6. The number of pyridine rings is 2. The predicted octanol–water partition coefficient (Wildman–Crippen LogP) is 5.92. The second-order valence-corrected chi connectivity index (χ2v) is 8.88. The molecule has 4 rings (SSSR count). The Kier molecular flexibility index (Phi) is 5.99. The second-order valence-electron chi connectivity index (χ2n) is 8.88. The molecule has 4 aromatic rings. The molecule has 0 bridgehead atoms. The van der Waals surface area contributed by atoms with Crippen molar-refractivity contribution in [1.82, 2.24) is 15.3 Å². The Bertz CT molecular complexity index is 1250. The molecule has 32 heavy (non-hydrogen) atoms. The maximum absolute atomic E-state index is 13.3. The van der Waals surface area contributed by atoms with Gasteiger partial charge in [0.15, 0.2) is 0 Å². The van der Waals surface area contributed by atoms with Crippen LogP contribution in [0, 0.1) is 0 Å². The number of carbonyl (C=O) groups is 1. The predicted molar refractivity (Wildman–Crippen MR) is 125 cm³/mol. The van der Waals surface area contributed by atoms with Crippen LogP contribution >= 0.6 is 0 Å². The van der Waals surface area contributed by atoms with Crippen molar-refractivity contribution in [2.75, 3.05) is 0 Å². The lowest BCUT2D eigenvalue weighted by atomic mass is 9.83. The van der Waals surface area contributed by atoms with E-state index in [2.05, 4.69) is 36.1 Å². The lowest BCUT2D eigenvalue weighted by Gasteiger charge is -2.27. The van der Waals surface area contributed by atoms with E-state index in [-0.39, 0.29) is 11.3 Å². The number of fused-ring (bicyclic) bond motifs is 1. The van der Waals surface area contributed by atoms with E-state index >= 15 is 0 Å². The molecule has 0 saturated carbocycles. The number of hydrogen-bond acceptors (Lipinski definition) is 3. The van der Waals surface area contributed by atoms with Gasteiger partial charge in [-0.15, -0.1) is 0 Å². The molecular weight excluding hydrogens is 401 g/mol. The number of nitrogens with zero attached hydrogens (tertiary/aromatic N) is 2. The van der Waals surface area contributed by atoms with E-state index in [9.17, 15) is 9.18 Å². The molecule has 1 atom stereocenters. The Balaban J connectivity index is 1.76. The largest absolute Gasteiger partial charge is 0.340 e. The van der Waals surface area contributed by atoms with Gasteiger partial charge in [0.2, 0.25) is 0 Å². The van der Waals surface area contributed by atoms with Crippen LogP contribution in [0.2, 0.25) is 0 Å². The summed E-state index contributed by atoms with van der Waals surface area (Å²) in [7, 11) is 0. The molecule has 0 saturated heterocycles. The first-order chi connectivity index (χ1) is 15.4. The number of aromatic nitrogens is 2. The lowest BCUT2D eigenvalue weighted by Crippen LogP contribution is -2.32. The van der Waals surface area contributed by atoms with Crippen LogP contribution in [0.3, 0.4) is 0 Å². The van der Waals surface area contributed by atoms with Crippen LogP contribution in [-0.4, -0.2) is 15.9 Å². The Morgan fingerprint density at radius 3 is 2.41 bits per heavy atom. The normalized spacial score (nSPS) is 12.5. The van der Waals surface area contributed by atoms with Crippen LogP contribution in [0.25, 0.3) is 10.9 Å². The molecule has 2 aromatic heterocycles. The summed E-state index contributed by atoms with van der Waals surface area (Å²) in [6, 6.07) is 20.0. The number of hydrogen-bond donors (Lipinski definition) is 1. The summed E-state index contributed by atoms with van der Waals surface area (Å²) in [6.07, 6.45) is 3.45. The number of rotatable bonds is 5. The first-order valence-electron chi connectivity index (χ1n) is 10.6. The molecular formula is C27H26FN3O. The Hall–Kier alpha value is -3.60. The standard InChI is InChI=1S/C27H26FN3O/c1-27(2,3)22-7-5-15-30-25(22)24(20-10-8-18(17-28)9-11-20)31-26(32)21-13-12-19-6-4-14-29-23(19)16-21/h4-16,24H,17H2,1-3H3,(H,31,32)/t24-/m0/s1. The van der Waals surface area contributed by atoms with Crippen LogP contribution in [0.1, 0.15) is 59.6 Å². The minimum Gasteiger partial charge on any atom is -0.340 e. The third-order valence-corrected chi connectivity index (χ3v) is 5.53. The van der Waals surface area contributed by atoms with Gasteiger partial charge < -0.3 is 5.32 Å². The van der Waals surface area contributed by atoms with Gasteiger partial charge in [-0.25, -0.2) is 4.39 Å². The zero-order chi connectivity index (χ0) is 22.7. The van der Waals surface area contributed by atoms with Gasteiger partial charge in [0.25, 0.3) is 5.91 Å². The lowest BCUT2D eigenvalue weighted by molar-refractivity contribution is 0.0942. The molecule has 162 valence electrons. The van der Waals surface area contributed by atoms with Crippen molar-refractivity contribution in [3.63, 3.8) is 0 Å². The van der Waals surface area contributed by atoms with Crippen LogP contribution < -0.4 is 5.32 Å². The highest BCUT2D eigenvalue weighted by molar-refractivity contribution is 5.98. The summed E-state index contributed by atoms with van der Waals surface area (Å²) in [4.78, 5) is 22.3. The monoisotopic (exact) mass is 427 g/mol. The van der Waals surface area contributed by atoms with Crippen molar-refractivity contribution < 1.29 is 9.18 Å². The minimum absolute atomic E-state index is 0.168. The van der Waals surface area contributed by atoms with Gasteiger partial charge in [-0.3, -0.25) is 14.8 Å². The minimum atomic E-state index is -0.530. The third kappa shape index (κ3) is 4.52. The smallest absolute Gasteiger partial charge is 0.252 e. The number of carbonyl (C=O) groups excluding carboxylic acids is 1. The Morgan fingerprint density at radius 1 is 0.969 bits per heavy atom. The second kappa shape index (κ2) is 8.87. The molecule has 0 spiro atoms. The van der Waals surface area contributed by atoms with E-state index < -0.39 is 12.7 Å². The zero-order valence-electron chi connectivity index (χ0n) is 18.5. The fraction of sp³-hybridized carbons (Fsp3) is 0.222. The van der Waals surface area contributed by atoms with E-state index in [1.165, 1.54) is 0 Å². The maximum Gasteiger partial charge on any atom is 0.252 e. The van der Waals surface area contributed by atoms with E-state index in [1.54, 1.807) is 36.7 Å². The highest BCUT2D eigenvalue weighted by Gasteiger charge is 2.27. The van der Waals surface area contributed by atoms with E-state index in [1.807, 2.05) is 42.5 Å². The van der Waals surface area contributed by atoms with Crippen molar-refractivity contribution >= 4 is 16.8 Å². The zero-order valence-corrected chi connectivity index (χ0v) is 18.5. The van der Waals surface area contributed by atoms with Gasteiger partial charge in [0.05, 0.1) is 17.3 Å². The van der Waals surface area contributed by atoms with Crippen molar-refractivity contribution in [1.29, 1.82) is 0 Å². The van der Waals surface area contributed by atoms with Crippen molar-refractivity contribution in [3.05, 3.63) is 107 Å². The fourth-order valence-electron chi connectivity index (χ4n) is 3.81. The van der Waals surface area contributed by atoms with Gasteiger partial charge in [-0.1, -0.05) is 63.2 Å². The topological polar surface area (TPSA) is 54.9 Å². The molecule has 0 aliphatic carbocycles. The van der Waals surface area contributed by atoms with Crippen LogP contribution in [0.5, 0.6) is 0 Å². The highest BCUT2D eigenvalue weighted by Crippen LogP contribution is 2.32. The summed E-state index contributed by atoms with van der Waals surface area (Å²) in [5, 5.41) is 4.13. The SMILES string of the molecule is CC(C)(C)c1cccnc1[C@@H](NC(=O)c1ccc2cccnc2c1)c1ccc(CF)cc1. The highest BCUT2D eigenvalue weighted by atomic mass is 19.1. The molecule has 1 amide bonds. The van der Waals surface area contributed by atoms with Crippen molar-refractivity contribution in [2.45, 2.75) is 38.9 Å². The van der Waals surface area contributed by atoms with Gasteiger partial charge >= 0.3 is 0 Å². The molecule has 0 radical (unpaired) electrons. The summed E-state index contributed by atoms with van der Waals surface area (Å²) in [5.41, 5.74) is 4.38. The molecule has 0 aliphatic rings. The third-order valence-electron chi connectivity index (χ3n) is 5.53. The summed E-state index contributed by atoms with van der Waals surface area (Å²) >= 11 is 0. The van der Waals surface area contributed by atoms with Crippen molar-refractivity contribution in [2.24, 2.45) is 0 Å². The molecule has 4 nitrogen and oxygen atoms in total. The van der Waals surface area contributed by atoms with Gasteiger partial charge in [-0.2, -0.15) is 0 Å². The molecule has 2 aromatic carbocycles. The Labute approximate surface area is 187 Å². The number of nitrogens with one attached hydrogen (secondary N) is 1. The fourth-order valence-corrected chi connectivity index (χ4v) is 3.81. The summed E-state index contributed by atoms with van der Waals surface area (Å²) in [6.45, 7) is 5.83.